The number of hydrogen-bond donors (Lipinski definition) is 1. The standard InChI is InChI=1S/C15H17N3O2/c1-9-15(17-13(8-16)20-9)11-3-5-12-10(7-11)4-6-14(19)18(12)2/h3,5,7H,4,6,8,16H2,1-2H3. The van der Waals surface area contributed by atoms with E-state index in [1.165, 1.54) is 5.56 Å². The molecule has 0 saturated carbocycles. The van der Waals surface area contributed by atoms with Gasteiger partial charge in [0.15, 0.2) is 0 Å². The molecule has 0 saturated heterocycles. The van der Waals surface area contributed by atoms with E-state index in [0.717, 1.165) is 29.1 Å². The molecule has 1 aliphatic rings. The summed E-state index contributed by atoms with van der Waals surface area (Å²) >= 11 is 0. The van der Waals surface area contributed by atoms with E-state index in [4.69, 9.17) is 10.2 Å². The van der Waals surface area contributed by atoms with Crippen molar-refractivity contribution in [2.24, 2.45) is 5.73 Å². The predicted octanol–water partition coefficient (Wildman–Crippen LogP) is 2.02. The van der Waals surface area contributed by atoms with Crippen molar-refractivity contribution in [1.29, 1.82) is 0 Å². The summed E-state index contributed by atoms with van der Waals surface area (Å²) in [6, 6.07) is 6.03. The Kier molecular flexibility index (Phi) is 3.06. The molecule has 104 valence electrons. The molecule has 0 spiro atoms. The number of carbonyl (C=O) groups is 1. The largest absolute Gasteiger partial charge is 0.444 e. The lowest BCUT2D eigenvalue weighted by Crippen LogP contribution is -2.30. The van der Waals surface area contributed by atoms with E-state index in [-0.39, 0.29) is 5.91 Å². The molecule has 0 fully saturated rings. The van der Waals surface area contributed by atoms with Crippen LogP contribution in [-0.4, -0.2) is 17.9 Å². The van der Waals surface area contributed by atoms with Gasteiger partial charge in [-0.2, -0.15) is 0 Å². The van der Waals surface area contributed by atoms with Crippen LogP contribution in [-0.2, 0) is 17.8 Å². The van der Waals surface area contributed by atoms with Crippen molar-refractivity contribution in [1.82, 2.24) is 4.98 Å². The Morgan fingerprint density at radius 3 is 2.90 bits per heavy atom. The van der Waals surface area contributed by atoms with Crippen LogP contribution in [0, 0.1) is 6.92 Å². The number of carbonyl (C=O) groups excluding carboxylic acids is 1. The molecule has 1 amide bonds. The monoisotopic (exact) mass is 271 g/mol. The maximum Gasteiger partial charge on any atom is 0.227 e. The first kappa shape index (κ1) is 12.9. The van der Waals surface area contributed by atoms with Gasteiger partial charge in [0.25, 0.3) is 0 Å². The van der Waals surface area contributed by atoms with Crippen molar-refractivity contribution < 1.29 is 9.21 Å². The highest BCUT2D eigenvalue weighted by atomic mass is 16.4. The van der Waals surface area contributed by atoms with Crippen molar-refractivity contribution in [3.05, 3.63) is 35.4 Å². The molecule has 1 aromatic carbocycles. The summed E-state index contributed by atoms with van der Waals surface area (Å²) in [5.74, 6) is 1.47. The van der Waals surface area contributed by atoms with Crippen LogP contribution in [0.1, 0.15) is 23.6 Å². The quantitative estimate of drug-likeness (QED) is 0.907. The van der Waals surface area contributed by atoms with Crippen molar-refractivity contribution >= 4 is 11.6 Å². The summed E-state index contributed by atoms with van der Waals surface area (Å²) in [4.78, 5) is 17.8. The minimum absolute atomic E-state index is 0.160. The first-order valence-corrected chi connectivity index (χ1v) is 6.66. The Hall–Kier alpha value is -2.14. The van der Waals surface area contributed by atoms with E-state index < -0.39 is 0 Å². The van der Waals surface area contributed by atoms with Crippen LogP contribution >= 0.6 is 0 Å². The molecule has 3 rings (SSSR count). The minimum Gasteiger partial charge on any atom is -0.444 e. The van der Waals surface area contributed by atoms with Gasteiger partial charge in [0, 0.05) is 24.7 Å². The Labute approximate surface area is 117 Å². The molecule has 0 aliphatic carbocycles. The second-order valence-electron chi connectivity index (χ2n) is 5.01. The highest BCUT2D eigenvalue weighted by Gasteiger charge is 2.22. The van der Waals surface area contributed by atoms with Gasteiger partial charge in [-0.3, -0.25) is 4.79 Å². The SMILES string of the molecule is Cc1oc(CN)nc1-c1ccc2c(c1)CCC(=O)N2C. The predicted molar refractivity (Wildman–Crippen MR) is 76.3 cm³/mol. The molecule has 1 aliphatic heterocycles. The van der Waals surface area contributed by atoms with Crippen LogP contribution in [0.4, 0.5) is 5.69 Å². The zero-order chi connectivity index (χ0) is 14.3. The molecule has 0 bridgehead atoms. The van der Waals surface area contributed by atoms with Crippen molar-refractivity contribution in [2.75, 3.05) is 11.9 Å². The van der Waals surface area contributed by atoms with Gasteiger partial charge in [-0.1, -0.05) is 6.07 Å². The number of aromatic nitrogens is 1. The molecule has 5 heteroatoms. The van der Waals surface area contributed by atoms with E-state index in [0.29, 0.717) is 18.9 Å². The van der Waals surface area contributed by atoms with Crippen LogP contribution in [0.25, 0.3) is 11.3 Å². The Bertz CT molecular complexity index is 676. The number of anilines is 1. The Morgan fingerprint density at radius 2 is 2.20 bits per heavy atom. The first-order chi connectivity index (χ1) is 9.60. The van der Waals surface area contributed by atoms with Gasteiger partial charge in [0.2, 0.25) is 11.8 Å². The Balaban J connectivity index is 2.04. The number of amides is 1. The number of hydrogen-bond acceptors (Lipinski definition) is 4. The van der Waals surface area contributed by atoms with E-state index >= 15 is 0 Å². The van der Waals surface area contributed by atoms with Crippen molar-refractivity contribution in [3.8, 4) is 11.3 Å². The highest BCUT2D eigenvalue weighted by Crippen LogP contribution is 2.32. The zero-order valence-corrected chi connectivity index (χ0v) is 11.6. The average Bonchev–Trinajstić information content (AvgIpc) is 2.84. The number of rotatable bonds is 2. The number of benzene rings is 1. The number of nitrogens with zero attached hydrogens (tertiary/aromatic N) is 2. The van der Waals surface area contributed by atoms with Crippen LogP contribution < -0.4 is 10.6 Å². The summed E-state index contributed by atoms with van der Waals surface area (Å²) in [6.45, 7) is 2.18. The average molecular weight is 271 g/mol. The maximum atomic E-state index is 11.7. The molecule has 0 unspecified atom stereocenters. The third-order valence-corrected chi connectivity index (χ3v) is 3.71. The van der Waals surface area contributed by atoms with Gasteiger partial charge in [0.05, 0.1) is 6.54 Å². The lowest BCUT2D eigenvalue weighted by Gasteiger charge is -2.26. The van der Waals surface area contributed by atoms with Crippen LogP contribution in [0.3, 0.4) is 0 Å². The van der Waals surface area contributed by atoms with Gasteiger partial charge < -0.3 is 15.1 Å². The van der Waals surface area contributed by atoms with Gasteiger partial charge in [0.1, 0.15) is 11.5 Å². The number of oxazole rings is 1. The van der Waals surface area contributed by atoms with Crippen LogP contribution in [0.5, 0.6) is 0 Å². The first-order valence-electron chi connectivity index (χ1n) is 6.66. The van der Waals surface area contributed by atoms with Gasteiger partial charge in [-0.05, 0) is 31.0 Å². The maximum absolute atomic E-state index is 11.7. The van der Waals surface area contributed by atoms with E-state index in [1.807, 2.05) is 26.1 Å². The third-order valence-electron chi connectivity index (χ3n) is 3.71. The molecule has 20 heavy (non-hydrogen) atoms. The summed E-state index contributed by atoms with van der Waals surface area (Å²) in [5.41, 5.74) is 9.53. The summed E-state index contributed by atoms with van der Waals surface area (Å²) in [5, 5.41) is 0. The number of nitrogens with two attached hydrogens (primary N) is 1. The van der Waals surface area contributed by atoms with Crippen molar-refractivity contribution in [2.45, 2.75) is 26.3 Å². The molecular formula is C15H17N3O2. The summed E-state index contributed by atoms with van der Waals surface area (Å²) < 4.78 is 5.50. The van der Waals surface area contributed by atoms with Crippen LogP contribution in [0.15, 0.2) is 22.6 Å². The minimum atomic E-state index is 0.160. The summed E-state index contributed by atoms with van der Waals surface area (Å²) in [6.07, 6.45) is 1.33. The fourth-order valence-corrected chi connectivity index (χ4v) is 2.61. The Morgan fingerprint density at radius 1 is 1.40 bits per heavy atom. The smallest absolute Gasteiger partial charge is 0.227 e. The topological polar surface area (TPSA) is 72.4 Å². The molecule has 2 aromatic rings. The lowest BCUT2D eigenvalue weighted by molar-refractivity contribution is -0.118. The van der Waals surface area contributed by atoms with Crippen molar-refractivity contribution in [3.63, 3.8) is 0 Å². The second kappa shape index (κ2) is 4.76. The fraction of sp³-hybridized carbons (Fsp3) is 0.333. The molecule has 0 atom stereocenters. The second-order valence-corrected chi connectivity index (χ2v) is 5.01. The van der Waals surface area contributed by atoms with E-state index in [2.05, 4.69) is 11.1 Å². The molecule has 2 heterocycles. The molecule has 1 aromatic heterocycles. The lowest BCUT2D eigenvalue weighted by atomic mass is 9.98. The number of fused-ring (bicyclic) bond motifs is 1. The van der Waals surface area contributed by atoms with Crippen LogP contribution in [0.2, 0.25) is 0 Å². The normalized spacial score (nSPS) is 14.6. The number of aryl methyl sites for hydroxylation is 2. The summed E-state index contributed by atoms with van der Waals surface area (Å²) in [7, 11) is 1.81. The van der Waals surface area contributed by atoms with Gasteiger partial charge in [-0.25, -0.2) is 4.98 Å². The third kappa shape index (κ3) is 2.00. The fourth-order valence-electron chi connectivity index (χ4n) is 2.61. The highest BCUT2D eigenvalue weighted by molar-refractivity contribution is 5.96. The molecular weight excluding hydrogens is 254 g/mol. The van der Waals surface area contributed by atoms with E-state index in [1.54, 1.807) is 4.90 Å². The van der Waals surface area contributed by atoms with Gasteiger partial charge in [-0.15, -0.1) is 0 Å². The zero-order valence-electron chi connectivity index (χ0n) is 11.6. The molecule has 5 nitrogen and oxygen atoms in total. The molecule has 0 radical (unpaired) electrons. The van der Waals surface area contributed by atoms with E-state index in [9.17, 15) is 4.79 Å². The molecule has 2 N–H and O–H groups in total. The van der Waals surface area contributed by atoms with Gasteiger partial charge >= 0.3 is 0 Å².